The Labute approximate surface area is 118 Å². The van der Waals surface area contributed by atoms with Crippen LogP contribution >= 0.6 is 11.6 Å². The predicted molar refractivity (Wildman–Crippen MR) is 75.8 cm³/mol. The van der Waals surface area contributed by atoms with E-state index in [-0.39, 0.29) is 10.8 Å². The molecule has 3 rings (SSSR count). The van der Waals surface area contributed by atoms with Crippen molar-refractivity contribution in [3.05, 3.63) is 34.6 Å². The van der Waals surface area contributed by atoms with Gasteiger partial charge in [-0.25, -0.2) is 4.39 Å². The summed E-state index contributed by atoms with van der Waals surface area (Å²) < 4.78 is 13.3. The fraction of sp³-hybridized carbons (Fsp3) is 0.600. The zero-order valence-corrected chi connectivity index (χ0v) is 12.1. The van der Waals surface area contributed by atoms with E-state index in [9.17, 15) is 4.39 Å². The van der Waals surface area contributed by atoms with Crippen LogP contribution in [0.4, 0.5) is 4.39 Å². The van der Waals surface area contributed by atoms with Crippen molar-refractivity contribution in [2.24, 2.45) is 11.8 Å². The SMILES string of the molecule is CC(c1ccc(F)c(Cl)c1)N1CC2CNCC2C1C. The lowest BCUT2D eigenvalue weighted by Crippen LogP contribution is -2.35. The van der Waals surface area contributed by atoms with Gasteiger partial charge < -0.3 is 5.32 Å². The van der Waals surface area contributed by atoms with E-state index in [1.807, 2.05) is 6.07 Å². The number of likely N-dealkylation sites (tertiary alicyclic amines) is 1. The maximum absolute atomic E-state index is 13.3. The lowest BCUT2D eigenvalue weighted by atomic mass is 9.95. The Morgan fingerprint density at radius 2 is 2.21 bits per heavy atom. The third-order valence-electron chi connectivity index (χ3n) is 4.90. The van der Waals surface area contributed by atoms with Crippen molar-refractivity contribution in [2.45, 2.75) is 25.9 Å². The molecule has 0 amide bonds. The molecule has 1 aromatic carbocycles. The summed E-state index contributed by atoms with van der Waals surface area (Å²) >= 11 is 5.89. The number of fused-ring (bicyclic) bond motifs is 1. The number of hydrogen-bond acceptors (Lipinski definition) is 2. The summed E-state index contributed by atoms with van der Waals surface area (Å²) in [5.41, 5.74) is 1.10. The average Bonchev–Trinajstić information content (AvgIpc) is 2.95. The minimum Gasteiger partial charge on any atom is -0.316 e. The van der Waals surface area contributed by atoms with Gasteiger partial charge in [-0.15, -0.1) is 0 Å². The van der Waals surface area contributed by atoms with Crippen LogP contribution in [0.25, 0.3) is 0 Å². The van der Waals surface area contributed by atoms with Gasteiger partial charge in [0.1, 0.15) is 5.82 Å². The van der Waals surface area contributed by atoms with Crippen molar-refractivity contribution in [2.75, 3.05) is 19.6 Å². The second-order valence-corrected chi connectivity index (χ2v) is 6.28. The minimum atomic E-state index is -0.340. The molecule has 1 N–H and O–H groups in total. The lowest BCUT2D eigenvalue weighted by Gasteiger charge is -2.31. The highest BCUT2D eigenvalue weighted by Crippen LogP contribution is 2.38. The van der Waals surface area contributed by atoms with E-state index < -0.39 is 0 Å². The summed E-state index contributed by atoms with van der Waals surface area (Å²) in [6.45, 7) is 7.87. The molecule has 2 aliphatic heterocycles. The van der Waals surface area contributed by atoms with Gasteiger partial charge in [-0.3, -0.25) is 4.90 Å². The van der Waals surface area contributed by atoms with Crippen LogP contribution in [0.3, 0.4) is 0 Å². The van der Waals surface area contributed by atoms with Crippen molar-refractivity contribution < 1.29 is 4.39 Å². The molecule has 2 saturated heterocycles. The fourth-order valence-electron chi connectivity index (χ4n) is 3.68. The number of benzene rings is 1. The van der Waals surface area contributed by atoms with Gasteiger partial charge in [0.15, 0.2) is 0 Å². The molecule has 0 bridgehead atoms. The largest absolute Gasteiger partial charge is 0.316 e. The summed E-state index contributed by atoms with van der Waals surface area (Å²) in [6, 6.07) is 5.94. The van der Waals surface area contributed by atoms with E-state index in [4.69, 9.17) is 11.6 Å². The topological polar surface area (TPSA) is 15.3 Å². The van der Waals surface area contributed by atoms with Crippen LogP contribution in [0.15, 0.2) is 18.2 Å². The third kappa shape index (κ3) is 2.28. The maximum Gasteiger partial charge on any atom is 0.141 e. The first-order valence-electron chi connectivity index (χ1n) is 6.99. The van der Waals surface area contributed by atoms with Gasteiger partial charge in [0.25, 0.3) is 0 Å². The summed E-state index contributed by atoms with van der Waals surface area (Å²) in [5.74, 6) is 1.17. The van der Waals surface area contributed by atoms with Gasteiger partial charge in [-0.1, -0.05) is 17.7 Å². The van der Waals surface area contributed by atoms with E-state index in [1.54, 1.807) is 6.07 Å². The molecule has 2 heterocycles. The van der Waals surface area contributed by atoms with Crippen LogP contribution in [0.5, 0.6) is 0 Å². The molecule has 0 radical (unpaired) electrons. The monoisotopic (exact) mass is 282 g/mol. The molecule has 0 aromatic heterocycles. The summed E-state index contributed by atoms with van der Waals surface area (Å²) in [5, 5.41) is 3.69. The first kappa shape index (κ1) is 13.3. The average molecular weight is 283 g/mol. The zero-order chi connectivity index (χ0) is 13.6. The van der Waals surface area contributed by atoms with Gasteiger partial charge in [0.2, 0.25) is 0 Å². The highest BCUT2D eigenvalue weighted by atomic mass is 35.5. The molecular weight excluding hydrogens is 263 g/mol. The third-order valence-corrected chi connectivity index (χ3v) is 5.19. The Hall–Kier alpha value is -0.640. The highest BCUT2D eigenvalue weighted by Gasteiger charge is 2.43. The molecule has 1 aromatic rings. The van der Waals surface area contributed by atoms with Crippen LogP contribution in [0.1, 0.15) is 25.5 Å². The van der Waals surface area contributed by atoms with Gasteiger partial charge in [-0.2, -0.15) is 0 Å². The molecule has 0 aliphatic carbocycles. The van der Waals surface area contributed by atoms with Gasteiger partial charge >= 0.3 is 0 Å². The van der Waals surface area contributed by atoms with Crippen molar-refractivity contribution in [3.8, 4) is 0 Å². The van der Waals surface area contributed by atoms with Gasteiger partial charge in [-0.05, 0) is 56.5 Å². The van der Waals surface area contributed by atoms with Crippen LogP contribution in [0, 0.1) is 17.7 Å². The van der Waals surface area contributed by atoms with E-state index in [0.29, 0.717) is 12.1 Å². The fourth-order valence-corrected chi connectivity index (χ4v) is 3.86. The molecule has 4 atom stereocenters. The van der Waals surface area contributed by atoms with Crippen molar-refractivity contribution in [1.29, 1.82) is 0 Å². The molecule has 0 spiro atoms. The molecule has 0 saturated carbocycles. The first-order chi connectivity index (χ1) is 9.08. The van der Waals surface area contributed by atoms with E-state index in [0.717, 1.165) is 37.0 Å². The number of hydrogen-bond donors (Lipinski definition) is 1. The van der Waals surface area contributed by atoms with Crippen molar-refractivity contribution in [3.63, 3.8) is 0 Å². The predicted octanol–water partition coefficient (Wildman–Crippen LogP) is 3.08. The second kappa shape index (κ2) is 5.04. The zero-order valence-electron chi connectivity index (χ0n) is 11.4. The standard InChI is InChI=1S/C15H20ClFN2/c1-9(11-3-4-15(17)14(16)5-11)19-8-12-6-18-7-13(12)10(19)2/h3-5,9-10,12-13,18H,6-8H2,1-2H3. The van der Waals surface area contributed by atoms with Crippen molar-refractivity contribution >= 4 is 11.6 Å². The lowest BCUT2D eigenvalue weighted by molar-refractivity contribution is 0.182. The van der Waals surface area contributed by atoms with Crippen LogP contribution in [0.2, 0.25) is 5.02 Å². The summed E-state index contributed by atoms with van der Waals surface area (Å²) in [4.78, 5) is 2.53. The highest BCUT2D eigenvalue weighted by molar-refractivity contribution is 6.30. The summed E-state index contributed by atoms with van der Waals surface area (Å²) in [7, 11) is 0. The first-order valence-corrected chi connectivity index (χ1v) is 7.37. The number of rotatable bonds is 2. The molecule has 4 unspecified atom stereocenters. The molecular formula is C15H20ClFN2. The second-order valence-electron chi connectivity index (χ2n) is 5.87. The van der Waals surface area contributed by atoms with Gasteiger partial charge in [0.05, 0.1) is 5.02 Å². The smallest absolute Gasteiger partial charge is 0.141 e. The minimum absolute atomic E-state index is 0.220. The Balaban J connectivity index is 1.80. The Kier molecular flexibility index (Phi) is 3.54. The quantitative estimate of drug-likeness (QED) is 0.897. The maximum atomic E-state index is 13.3. The molecule has 2 nitrogen and oxygen atoms in total. The van der Waals surface area contributed by atoms with E-state index in [2.05, 4.69) is 24.1 Å². The van der Waals surface area contributed by atoms with Crippen LogP contribution in [-0.2, 0) is 0 Å². The van der Waals surface area contributed by atoms with E-state index in [1.165, 1.54) is 6.07 Å². The Morgan fingerprint density at radius 1 is 1.42 bits per heavy atom. The summed E-state index contributed by atoms with van der Waals surface area (Å²) in [6.07, 6.45) is 0. The van der Waals surface area contributed by atoms with Crippen molar-refractivity contribution in [1.82, 2.24) is 10.2 Å². The van der Waals surface area contributed by atoms with Gasteiger partial charge in [0, 0.05) is 18.6 Å². The Morgan fingerprint density at radius 3 is 2.89 bits per heavy atom. The van der Waals surface area contributed by atoms with Crippen LogP contribution in [-0.4, -0.2) is 30.6 Å². The number of nitrogens with one attached hydrogen (secondary N) is 1. The van der Waals surface area contributed by atoms with Crippen LogP contribution < -0.4 is 5.32 Å². The molecule has 4 heteroatoms. The van der Waals surface area contributed by atoms with E-state index >= 15 is 0 Å². The molecule has 104 valence electrons. The normalized spacial score (nSPS) is 32.5. The number of halogens is 2. The molecule has 2 aliphatic rings. The molecule has 19 heavy (non-hydrogen) atoms. The number of nitrogens with zero attached hydrogens (tertiary/aromatic N) is 1. The molecule has 2 fully saturated rings. The Bertz CT molecular complexity index is 479.